The minimum atomic E-state index is -0.895. The number of hydrogen-bond donors (Lipinski definition) is 2. The third kappa shape index (κ3) is 4.33. The average molecular weight is 295 g/mol. The Morgan fingerprint density at radius 1 is 1.45 bits per heavy atom. The van der Waals surface area contributed by atoms with Gasteiger partial charge >= 0.3 is 5.97 Å². The lowest BCUT2D eigenvalue weighted by Gasteiger charge is -2.14. The van der Waals surface area contributed by atoms with Crippen LogP contribution in [0.25, 0.3) is 0 Å². The van der Waals surface area contributed by atoms with E-state index in [9.17, 15) is 9.59 Å². The Kier molecular flexibility index (Phi) is 5.67. The molecule has 0 atom stereocenters. The van der Waals surface area contributed by atoms with Crippen LogP contribution in [0.5, 0.6) is 0 Å². The fourth-order valence-corrected chi connectivity index (χ4v) is 2.65. The molecule has 0 aliphatic rings. The fourth-order valence-electron chi connectivity index (χ4n) is 1.63. The summed E-state index contributed by atoms with van der Waals surface area (Å²) in [6, 6.07) is 2.09. The quantitative estimate of drug-likeness (QED) is 0.831. The fraction of sp³-hybridized carbons (Fsp3) is 0.462. The van der Waals surface area contributed by atoms with Gasteiger partial charge < -0.3 is 10.4 Å². The number of hydrogen-bond acceptors (Lipinski definition) is 5. The Bertz CT molecular complexity index is 560. The molecule has 0 saturated heterocycles. The minimum absolute atomic E-state index is 0.00948. The third-order valence-electron chi connectivity index (χ3n) is 2.87. The number of carbonyl (C=O) groups is 2. The second-order valence-corrected chi connectivity index (χ2v) is 5.75. The molecular weight excluding hydrogens is 278 g/mol. The number of amides is 1. The first kappa shape index (κ1) is 16.1. The zero-order valence-electron chi connectivity index (χ0n) is 11.7. The second kappa shape index (κ2) is 7.03. The van der Waals surface area contributed by atoms with Crippen molar-refractivity contribution in [2.75, 3.05) is 25.5 Å². The number of carboxylic acid groups (broad SMARTS) is 1. The molecule has 0 bridgehead atoms. The van der Waals surface area contributed by atoms with Gasteiger partial charge in [-0.2, -0.15) is 5.26 Å². The van der Waals surface area contributed by atoms with Gasteiger partial charge in [0.2, 0.25) is 5.91 Å². The lowest BCUT2D eigenvalue weighted by molar-refractivity contribution is -0.137. The van der Waals surface area contributed by atoms with Gasteiger partial charge in [0.1, 0.15) is 11.1 Å². The normalized spacial score (nSPS) is 10.3. The van der Waals surface area contributed by atoms with E-state index in [1.165, 1.54) is 11.3 Å². The number of anilines is 1. The Balaban J connectivity index is 2.61. The molecule has 2 N–H and O–H groups in total. The summed E-state index contributed by atoms with van der Waals surface area (Å²) in [6.45, 7) is 4.14. The first-order valence-corrected chi connectivity index (χ1v) is 6.87. The van der Waals surface area contributed by atoms with Crippen LogP contribution in [0.1, 0.15) is 22.4 Å². The highest BCUT2D eigenvalue weighted by atomic mass is 32.1. The molecule has 0 aliphatic carbocycles. The number of rotatable bonds is 6. The highest BCUT2D eigenvalue weighted by Gasteiger charge is 2.15. The number of thiophene rings is 1. The molecule has 0 unspecified atom stereocenters. The van der Waals surface area contributed by atoms with Crippen LogP contribution in [0.15, 0.2) is 0 Å². The molecular formula is C13H17N3O3S. The smallest absolute Gasteiger partial charge is 0.304 e. The van der Waals surface area contributed by atoms with Crippen LogP contribution in [0.2, 0.25) is 0 Å². The molecule has 1 heterocycles. The van der Waals surface area contributed by atoms with Crippen molar-refractivity contribution >= 4 is 28.2 Å². The molecule has 0 radical (unpaired) electrons. The molecule has 0 fully saturated rings. The van der Waals surface area contributed by atoms with E-state index in [-0.39, 0.29) is 18.9 Å². The van der Waals surface area contributed by atoms with E-state index in [4.69, 9.17) is 10.4 Å². The maximum Gasteiger partial charge on any atom is 0.304 e. The van der Waals surface area contributed by atoms with Crippen molar-refractivity contribution < 1.29 is 14.7 Å². The van der Waals surface area contributed by atoms with Gasteiger partial charge in [-0.05, 0) is 26.5 Å². The van der Waals surface area contributed by atoms with E-state index in [2.05, 4.69) is 11.4 Å². The summed E-state index contributed by atoms with van der Waals surface area (Å²) in [6.07, 6.45) is -0.00948. The Morgan fingerprint density at radius 3 is 2.65 bits per heavy atom. The molecule has 20 heavy (non-hydrogen) atoms. The Morgan fingerprint density at radius 2 is 2.10 bits per heavy atom. The highest BCUT2D eigenvalue weighted by Crippen LogP contribution is 2.31. The standard InChI is InChI=1S/C13H17N3O3S/c1-8-9(2)20-13(10(8)6-14)15-11(17)7-16(3)5-4-12(18)19/h4-5,7H2,1-3H3,(H,15,17)(H,18,19). The summed E-state index contributed by atoms with van der Waals surface area (Å²) >= 11 is 1.37. The number of aryl methyl sites for hydroxylation is 1. The molecule has 0 aliphatic heterocycles. The number of likely N-dealkylation sites (N-methyl/N-ethyl adjacent to an activating group) is 1. The first-order valence-electron chi connectivity index (χ1n) is 6.05. The van der Waals surface area contributed by atoms with Crippen LogP contribution in [0.4, 0.5) is 5.00 Å². The van der Waals surface area contributed by atoms with Crippen LogP contribution in [-0.2, 0) is 9.59 Å². The van der Waals surface area contributed by atoms with Gasteiger partial charge in [0.15, 0.2) is 0 Å². The molecule has 1 rings (SSSR count). The van der Waals surface area contributed by atoms with E-state index < -0.39 is 5.97 Å². The van der Waals surface area contributed by atoms with Crippen LogP contribution in [0.3, 0.4) is 0 Å². The van der Waals surface area contributed by atoms with E-state index in [1.807, 2.05) is 13.8 Å². The van der Waals surface area contributed by atoms with Gasteiger partial charge in [-0.25, -0.2) is 0 Å². The van der Waals surface area contributed by atoms with E-state index in [0.717, 1.165) is 10.4 Å². The summed E-state index contributed by atoms with van der Waals surface area (Å²) < 4.78 is 0. The number of aliphatic carboxylic acids is 1. The molecule has 0 saturated carbocycles. The average Bonchev–Trinajstić information content (AvgIpc) is 2.61. The summed E-state index contributed by atoms with van der Waals surface area (Å²) in [5.74, 6) is -1.15. The maximum absolute atomic E-state index is 11.9. The van der Waals surface area contributed by atoms with Crippen LogP contribution in [0, 0.1) is 25.2 Å². The first-order chi connectivity index (χ1) is 9.35. The van der Waals surface area contributed by atoms with Crippen molar-refractivity contribution in [3.8, 4) is 6.07 Å². The third-order valence-corrected chi connectivity index (χ3v) is 3.99. The molecule has 1 aromatic rings. The lowest BCUT2D eigenvalue weighted by atomic mass is 10.2. The minimum Gasteiger partial charge on any atom is -0.481 e. The largest absolute Gasteiger partial charge is 0.481 e. The number of nitrogens with zero attached hydrogens (tertiary/aromatic N) is 2. The van der Waals surface area contributed by atoms with Crippen LogP contribution < -0.4 is 5.32 Å². The number of nitrogens with one attached hydrogen (secondary N) is 1. The van der Waals surface area contributed by atoms with E-state index >= 15 is 0 Å². The molecule has 108 valence electrons. The van der Waals surface area contributed by atoms with Gasteiger partial charge in [-0.1, -0.05) is 0 Å². The molecule has 0 aromatic carbocycles. The monoisotopic (exact) mass is 295 g/mol. The molecule has 6 nitrogen and oxygen atoms in total. The van der Waals surface area contributed by atoms with E-state index in [0.29, 0.717) is 17.1 Å². The summed E-state index contributed by atoms with van der Waals surface area (Å²) in [7, 11) is 1.68. The number of nitriles is 1. The lowest BCUT2D eigenvalue weighted by Crippen LogP contribution is -2.31. The Labute approximate surface area is 121 Å². The van der Waals surface area contributed by atoms with Crippen LogP contribution >= 0.6 is 11.3 Å². The maximum atomic E-state index is 11.9. The van der Waals surface area contributed by atoms with Crippen molar-refractivity contribution in [1.82, 2.24) is 4.90 Å². The van der Waals surface area contributed by atoms with Gasteiger partial charge in [-0.15, -0.1) is 11.3 Å². The number of carbonyl (C=O) groups excluding carboxylic acids is 1. The zero-order valence-corrected chi connectivity index (χ0v) is 12.5. The Hall–Kier alpha value is -1.91. The highest BCUT2D eigenvalue weighted by molar-refractivity contribution is 7.16. The van der Waals surface area contributed by atoms with Gasteiger partial charge in [0.25, 0.3) is 0 Å². The van der Waals surface area contributed by atoms with Crippen molar-refractivity contribution in [3.63, 3.8) is 0 Å². The van der Waals surface area contributed by atoms with Crippen molar-refractivity contribution in [3.05, 3.63) is 16.0 Å². The summed E-state index contributed by atoms with van der Waals surface area (Å²) in [4.78, 5) is 24.9. The summed E-state index contributed by atoms with van der Waals surface area (Å²) in [5.41, 5.74) is 1.38. The van der Waals surface area contributed by atoms with Crippen molar-refractivity contribution in [2.24, 2.45) is 0 Å². The SMILES string of the molecule is Cc1sc(NC(=O)CN(C)CCC(=O)O)c(C#N)c1C. The predicted octanol–water partition coefficient (Wildman–Crippen LogP) is 1.58. The summed E-state index contributed by atoms with van der Waals surface area (Å²) in [5, 5.41) is 20.9. The van der Waals surface area contributed by atoms with Gasteiger partial charge in [0.05, 0.1) is 18.5 Å². The van der Waals surface area contributed by atoms with E-state index in [1.54, 1.807) is 11.9 Å². The van der Waals surface area contributed by atoms with Crippen LogP contribution in [-0.4, -0.2) is 42.0 Å². The zero-order chi connectivity index (χ0) is 15.3. The molecule has 0 spiro atoms. The molecule has 1 amide bonds. The topological polar surface area (TPSA) is 93.4 Å². The predicted molar refractivity (Wildman–Crippen MR) is 76.9 cm³/mol. The van der Waals surface area contributed by atoms with Crippen molar-refractivity contribution in [2.45, 2.75) is 20.3 Å². The van der Waals surface area contributed by atoms with Gasteiger partial charge in [0, 0.05) is 11.4 Å². The molecule has 7 heteroatoms. The van der Waals surface area contributed by atoms with Gasteiger partial charge in [-0.3, -0.25) is 14.5 Å². The number of carboxylic acids is 1. The second-order valence-electron chi connectivity index (χ2n) is 4.53. The van der Waals surface area contributed by atoms with Crippen molar-refractivity contribution in [1.29, 1.82) is 5.26 Å². The molecule has 1 aromatic heterocycles.